The van der Waals surface area contributed by atoms with Crippen molar-refractivity contribution >= 4 is 44.9 Å². The summed E-state index contributed by atoms with van der Waals surface area (Å²) in [5.41, 5.74) is 18.5. The Morgan fingerprint density at radius 3 is 1.18 bits per heavy atom. The maximum absolute atomic E-state index is 2.50. The standard InChI is InChI=1S/C59H40N2/c1-3-16-41(17-4-1)43-30-35-47(36-31-43)60-55-27-12-9-24-51(55)59(52-25-10-13-28-56(52)60)53-26-11-14-29-57(53)61(48-37-32-44(33-38-48)42-18-5-2-6-19-42)58-39-34-46(40-54(58)59)50-23-15-21-45-20-7-8-22-49(45)50/h1-40H. The Morgan fingerprint density at radius 1 is 0.262 bits per heavy atom. The highest BCUT2D eigenvalue weighted by Gasteiger charge is 2.52. The molecule has 0 aliphatic carbocycles. The molecule has 286 valence electrons. The third-order valence-electron chi connectivity index (χ3n) is 12.9. The van der Waals surface area contributed by atoms with E-state index in [1.54, 1.807) is 0 Å². The van der Waals surface area contributed by atoms with Crippen LogP contribution in [0, 0.1) is 0 Å². The lowest BCUT2D eigenvalue weighted by Gasteiger charge is -2.51. The summed E-state index contributed by atoms with van der Waals surface area (Å²) in [6.45, 7) is 0. The van der Waals surface area contributed by atoms with Gasteiger partial charge in [0.05, 0.1) is 28.2 Å². The Labute approximate surface area is 356 Å². The summed E-state index contributed by atoms with van der Waals surface area (Å²) in [6.07, 6.45) is 0. The van der Waals surface area contributed by atoms with Crippen molar-refractivity contribution in [2.24, 2.45) is 0 Å². The molecule has 2 heteroatoms. The van der Waals surface area contributed by atoms with E-state index in [2.05, 4.69) is 252 Å². The Kier molecular flexibility index (Phi) is 8.11. The van der Waals surface area contributed by atoms with E-state index in [0.29, 0.717) is 0 Å². The summed E-state index contributed by atoms with van der Waals surface area (Å²) in [4.78, 5) is 4.95. The number of nitrogens with zero attached hydrogens (tertiary/aromatic N) is 2. The summed E-state index contributed by atoms with van der Waals surface area (Å²) in [7, 11) is 0. The topological polar surface area (TPSA) is 6.48 Å². The fraction of sp³-hybridized carbons (Fsp3) is 0.0169. The zero-order valence-electron chi connectivity index (χ0n) is 33.5. The molecule has 0 unspecified atom stereocenters. The van der Waals surface area contributed by atoms with Crippen LogP contribution >= 0.6 is 0 Å². The number of para-hydroxylation sites is 3. The smallest absolute Gasteiger partial charge is 0.0783 e. The Balaban J connectivity index is 1.13. The van der Waals surface area contributed by atoms with Gasteiger partial charge >= 0.3 is 0 Å². The highest BCUT2D eigenvalue weighted by atomic mass is 15.2. The second-order valence-electron chi connectivity index (χ2n) is 16.1. The normalized spacial score (nSPS) is 13.3. The average molecular weight is 777 g/mol. The summed E-state index contributed by atoms with van der Waals surface area (Å²) < 4.78 is 0. The van der Waals surface area contributed by atoms with Crippen LogP contribution in [-0.4, -0.2) is 0 Å². The molecular formula is C59H40N2. The lowest BCUT2D eigenvalue weighted by Crippen LogP contribution is -2.42. The molecule has 10 aromatic carbocycles. The van der Waals surface area contributed by atoms with Gasteiger partial charge in [0, 0.05) is 11.4 Å². The van der Waals surface area contributed by atoms with Crippen LogP contribution in [0.25, 0.3) is 44.2 Å². The Bertz CT molecular complexity index is 3130. The Morgan fingerprint density at radius 2 is 0.656 bits per heavy atom. The largest absolute Gasteiger partial charge is 0.310 e. The SMILES string of the molecule is c1ccc(-c2ccc(N3c4ccccc4C4(c5ccccc53)c3ccccc3N(c3ccc(-c5ccccc5)cc3)c3ccc(-c5cccc6ccccc56)cc34)cc2)cc1. The lowest BCUT2D eigenvalue weighted by molar-refractivity contribution is 0.719. The minimum atomic E-state index is -0.652. The zero-order valence-corrected chi connectivity index (χ0v) is 33.5. The van der Waals surface area contributed by atoms with E-state index in [0.717, 1.165) is 11.4 Å². The molecule has 1 spiro atoms. The number of anilines is 6. The lowest BCUT2D eigenvalue weighted by atomic mass is 9.60. The monoisotopic (exact) mass is 776 g/mol. The van der Waals surface area contributed by atoms with Crippen molar-refractivity contribution in [3.05, 3.63) is 265 Å². The number of benzene rings is 10. The molecule has 0 bridgehead atoms. The number of rotatable bonds is 5. The molecule has 0 saturated carbocycles. The fourth-order valence-corrected chi connectivity index (χ4v) is 10.2. The van der Waals surface area contributed by atoms with Gasteiger partial charge in [0.25, 0.3) is 0 Å². The van der Waals surface area contributed by atoms with Crippen molar-refractivity contribution in [3.8, 4) is 33.4 Å². The molecule has 12 rings (SSSR count). The van der Waals surface area contributed by atoms with Gasteiger partial charge in [0.2, 0.25) is 0 Å². The minimum Gasteiger partial charge on any atom is -0.310 e. The van der Waals surface area contributed by atoms with Crippen molar-refractivity contribution < 1.29 is 0 Å². The molecule has 10 aromatic rings. The molecule has 0 aromatic heterocycles. The second-order valence-corrected chi connectivity index (χ2v) is 16.1. The predicted octanol–water partition coefficient (Wildman–Crippen LogP) is 15.8. The fourth-order valence-electron chi connectivity index (χ4n) is 10.2. The first-order valence-electron chi connectivity index (χ1n) is 21.1. The van der Waals surface area contributed by atoms with E-state index < -0.39 is 5.41 Å². The molecular weight excluding hydrogens is 737 g/mol. The van der Waals surface area contributed by atoms with Gasteiger partial charge in [-0.1, -0.05) is 188 Å². The van der Waals surface area contributed by atoms with E-state index in [9.17, 15) is 0 Å². The maximum atomic E-state index is 2.50. The predicted molar refractivity (Wildman–Crippen MR) is 255 cm³/mol. The highest BCUT2D eigenvalue weighted by Crippen LogP contribution is 2.64. The van der Waals surface area contributed by atoms with Crippen molar-refractivity contribution in [1.29, 1.82) is 0 Å². The molecule has 0 N–H and O–H groups in total. The number of hydrogen-bond donors (Lipinski definition) is 0. The van der Waals surface area contributed by atoms with E-state index >= 15 is 0 Å². The van der Waals surface area contributed by atoms with Gasteiger partial charge in [-0.2, -0.15) is 0 Å². The first kappa shape index (κ1) is 35.0. The summed E-state index contributed by atoms with van der Waals surface area (Å²) >= 11 is 0. The van der Waals surface area contributed by atoms with Crippen molar-refractivity contribution in [3.63, 3.8) is 0 Å². The van der Waals surface area contributed by atoms with Gasteiger partial charge in [-0.3, -0.25) is 0 Å². The van der Waals surface area contributed by atoms with E-state index in [4.69, 9.17) is 0 Å². The molecule has 2 heterocycles. The molecule has 0 fully saturated rings. The van der Waals surface area contributed by atoms with Crippen LogP contribution in [-0.2, 0) is 5.41 Å². The molecule has 0 atom stereocenters. The van der Waals surface area contributed by atoms with Crippen LogP contribution in [0.5, 0.6) is 0 Å². The minimum absolute atomic E-state index is 0.652. The molecule has 0 amide bonds. The quantitative estimate of drug-likeness (QED) is 0.172. The van der Waals surface area contributed by atoms with Gasteiger partial charge in [0.1, 0.15) is 0 Å². The first-order valence-corrected chi connectivity index (χ1v) is 21.1. The van der Waals surface area contributed by atoms with Gasteiger partial charge in [0.15, 0.2) is 0 Å². The van der Waals surface area contributed by atoms with Gasteiger partial charge < -0.3 is 9.80 Å². The van der Waals surface area contributed by atoms with E-state index in [-0.39, 0.29) is 0 Å². The van der Waals surface area contributed by atoms with Crippen LogP contribution < -0.4 is 9.80 Å². The molecule has 2 aliphatic rings. The molecule has 2 aliphatic heterocycles. The van der Waals surface area contributed by atoms with E-state index in [1.165, 1.54) is 89.2 Å². The van der Waals surface area contributed by atoms with Crippen LogP contribution in [0.1, 0.15) is 22.3 Å². The summed E-state index contributed by atoms with van der Waals surface area (Å²) in [5.74, 6) is 0. The zero-order chi connectivity index (χ0) is 40.3. The Hall–Kier alpha value is -7.94. The van der Waals surface area contributed by atoms with Gasteiger partial charge in [-0.15, -0.1) is 0 Å². The molecule has 2 nitrogen and oxygen atoms in total. The van der Waals surface area contributed by atoms with Crippen LogP contribution in [0.3, 0.4) is 0 Å². The summed E-state index contributed by atoms with van der Waals surface area (Å²) in [5, 5.41) is 2.48. The van der Waals surface area contributed by atoms with Gasteiger partial charge in [-0.05, 0) is 121 Å². The van der Waals surface area contributed by atoms with Crippen LogP contribution in [0.15, 0.2) is 243 Å². The maximum Gasteiger partial charge on any atom is 0.0783 e. The van der Waals surface area contributed by atoms with E-state index in [1.807, 2.05) is 0 Å². The van der Waals surface area contributed by atoms with Gasteiger partial charge in [-0.25, -0.2) is 0 Å². The first-order chi connectivity index (χ1) is 30.3. The number of fused-ring (bicyclic) bond motifs is 9. The van der Waals surface area contributed by atoms with Crippen LogP contribution in [0.4, 0.5) is 34.1 Å². The second kappa shape index (κ2) is 14.1. The average Bonchev–Trinajstić information content (AvgIpc) is 3.34. The number of hydrogen-bond acceptors (Lipinski definition) is 2. The highest BCUT2D eigenvalue weighted by molar-refractivity contribution is 6.00. The third kappa shape index (κ3) is 5.43. The third-order valence-corrected chi connectivity index (χ3v) is 12.9. The van der Waals surface area contributed by atoms with Crippen molar-refractivity contribution in [2.75, 3.05) is 9.80 Å². The van der Waals surface area contributed by atoms with Crippen LogP contribution in [0.2, 0.25) is 0 Å². The van der Waals surface area contributed by atoms with Crippen molar-refractivity contribution in [1.82, 2.24) is 0 Å². The molecule has 0 saturated heterocycles. The summed E-state index contributed by atoms with van der Waals surface area (Å²) in [6, 6.07) is 89.3. The molecule has 0 radical (unpaired) electrons. The molecule has 61 heavy (non-hydrogen) atoms. The van der Waals surface area contributed by atoms with Crippen molar-refractivity contribution in [2.45, 2.75) is 5.41 Å².